The molecule has 2 aromatic rings. The van der Waals surface area contributed by atoms with E-state index >= 15 is 0 Å². The molecule has 0 fully saturated rings. The van der Waals surface area contributed by atoms with Gasteiger partial charge < -0.3 is 4.98 Å². The Labute approximate surface area is 112 Å². The van der Waals surface area contributed by atoms with Crippen LogP contribution in [-0.4, -0.2) is 9.97 Å². The van der Waals surface area contributed by atoms with E-state index in [0.717, 1.165) is 5.69 Å². The fourth-order valence-electron chi connectivity index (χ4n) is 2.02. The normalized spacial score (nSPS) is 13.8. The highest BCUT2D eigenvalue weighted by atomic mass is 32.2. The average Bonchev–Trinajstić information content (AvgIpc) is 2.87. The lowest BCUT2D eigenvalue weighted by atomic mass is 10.1. The molecular weight excluding hydrogens is 270 g/mol. The average molecular weight is 280 g/mol. The Morgan fingerprint density at radius 3 is 2.95 bits per heavy atom. The first kappa shape index (κ1) is 12.3. The number of H-pyrrole nitrogens is 1. The molecule has 3 nitrogen and oxygen atoms in total. The quantitative estimate of drug-likeness (QED) is 0.919. The lowest BCUT2D eigenvalue weighted by molar-refractivity contribution is 0.151. The zero-order valence-electron chi connectivity index (χ0n) is 9.82. The molecule has 6 heteroatoms. The van der Waals surface area contributed by atoms with Gasteiger partial charge >= 0.3 is 0 Å². The van der Waals surface area contributed by atoms with E-state index in [1.807, 2.05) is 0 Å². The van der Waals surface area contributed by atoms with E-state index in [0.29, 0.717) is 28.5 Å². The van der Waals surface area contributed by atoms with E-state index in [2.05, 4.69) is 9.97 Å². The molecule has 1 aromatic heterocycles. The summed E-state index contributed by atoms with van der Waals surface area (Å²) >= 11 is 1.63. The standard InChI is InChI=1S/C13H10F2N2OS/c14-11(15)7-2-1-3-8(4-7)12-16-10-6-19-5-9(10)13(18)17-12/h1-4,11H,5-6H2,(H,16,17,18). The van der Waals surface area contributed by atoms with Gasteiger partial charge in [0.1, 0.15) is 5.82 Å². The summed E-state index contributed by atoms with van der Waals surface area (Å²) in [5.74, 6) is 1.71. The molecule has 0 spiro atoms. The van der Waals surface area contributed by atoms with Crippen molar-refractivity contribution in [2.75, 3.05) is 0 Å². The number of thioether (sulfide) groups is 1. The molecule has 2 heterocycles. The Morgan fingerprint density at radius 1 is 1.32 bits per heavy atom. The second-order valence-corrected chi connectivity index (χ2v) is 5.24. The molecule has 19 heavy (non-hydrogen) atoms. The van der Waals surface area contributed by atoms with Crippen LogP contribution in [0, 0.1) is 0 Å². The molecule has 1 aliphatic heterocycles. The molecule has 0 atom stereocenters. The van der Waals surface area contributed by atoms with Crippen molar-refractivity contribution >= 4 is 11.8 Å². The Hall–Kier alpha value is -1.69. The van der Waals surface area contributed by atoms with E-state index in [9.17, 15) is 13.6 Å². The van der Waals surface area contributed by atoms with E-state index in [1.54, 1.807) is 23.9 Å². The van der Waals surface area contributed by atoms with Crippen molar-refractivity contribution in [3.05, 3.63) is 51.4 Å². The number of nitrogens with zero attached hydrogens (tertiary/aromatic N) is 1. The van der Waals surface area contributed by atoms with Crippen LogP contribution in [0.25, 0.3) is 11.4 Å². The van der Waals surface area contributed by atoms with Crippen LogP contribution in [0.4, 0.5) is 8.78 Å². The van der Waals surface area contributed by atoms with Gasteiger partial charge in [-0.2, -0.15) is 11.8 Å². The van der Waals surface area contributed by atoms with E-state index in [4.69, 9.17) is 0 Å². The topological polar surface area (TPSA) is 45.8 Å². The van der Waals surface area contributed by atoms with Crippen LogP contribution < -0.4 is 5.56 Å². The summed E-state index contributed by atoms with van der Waals surface area (Å²) in [6.07, 6.45) is -2.53. The Kier molecular flexibility index (Phi) is 3.10. The third kappa shape index (κ3) is 2.28. The number of hydrogen-bond donors (Lipinski definition) is 1. The van der Waals surface area contributed by atoms with Crippen LogP contribution in [0.1, 0.15) is 23.2 Å². The minimum absolute atomic E-state index is 0.0741. The second-order valence-electron chi connectivity index (χ2n) is 4.26. The first-order chi connectivity index (χ1) is 9.15. The molecule has 0 saturated heterocycles. The molecule has 0 radical (unpaired) electrons. The van der Waals surface area contributed by atoms with Crippen LogP contribution >= 0.6 is 11.8 Å². The van der Waals surface area contributed by atoms with Gasteiger partial charge in [0.25, 0.3) is 12.0 Å². The van der Waals surface area contributed by atoms with Crippen LogP contribution in [0.3, 0.4) is 0 Å². The van der Waals surface area contributed by atoms with Crippen molar-refractivity contribution in [2.24, 2.45) is 0 Å². The number of halogens is 2. The van der Waals surface area contributed by atoms with Crippen LogP contribution in [0.5, 0.6) is 0 Å². The number of rotatable bonds is 2. The minimum atomic E-state index is -2.53. The highest BCUT2D eigenvalue weighted by Gasteiger charge is 2.18. The summed E-state index contributed by atoms with van der Waals surface area (Å²) in [6, 6.07) is 5.92. The zero-order chi connectivity index (χ0) is 13.4. The second kappa shape index (κ2) is 4.77. The molecule has 0 unspecified atom stereocenters. The Bertz CT molecular complexity index is 685. The minimum Gasteiger partial charge on any atom is -0.306 e. The van der Waals surface area contributed by atoms with Crippen molar-refractivity contribution in [3.63, 3.8) is 0 Å². The molecule has 0 bridgehead atoms. The molecule has 98 valence electrons. The van der Waals surface area contributed by atoms with Gasteiger partial charge in [-0.25, -0.2) is 13.8 Å². The third-order valence-electron chi connectivity index (χ3n) is 3.00. The van der Waals surface area contributed by atoms with Crippen molar-refractivity contribution in [1.29, 1.82) is 0 Å². The molecular formula is C13H10F2N2OS. The molecule has 0 saturated carbocycles. The predicted molar refractivity (Wildman–Crippen MR) is 70.2 cm³/mol. The van der Waals surface area contributed by atoms with Crippen LogP contribution in [0.15, 0.2) is 29.1 Å². The van der Waals surface area contributed by atoms with Gasteiger partial charge in [-0.05, 0) is 6.07 Å². The van der Waals surface area contributed by atoms with Gasteiger partial charge in [0.15, 0.2) is 0 Å². The molecule has 1 aromatic carbocycles. The Morgan fingerprint density at radius 2 is 2.16 bits per heavy atom. The van der Waals surface area contributed by atoms with E-state index < -0.39 is 6.43 Å². The van der Waals surface area contributed by atoms with E-state index in [1.165, 1.54) is 12.1 Å². The third-order valence-corrected chi connectivity index (χ3v) is 3.97. The summed E-state index contributed by atoms with van der Waals surface area (Å²) < 4.78 is 25.3. The number of nitrogens with one attached hydrogen (secondary N) is 1. The van der Waals surface area contributed by atoms with Crippen molar-refractivity contribution in [3.8, 4) is 11.4 Å². The van der Waals surface area contributed by atoms with Gasteiger partial charge in [0, 0.05) is 28.2 Å². The molecule has 0 amide bonds. The summed E-state index contributed by atoms with van der Waals surface area (Å²) in [4.78, 5) is 18.9. The highest BCUT2D eigenvalue weighted by Crippen LogP contribution is 2.28. The summed E-state index contributed by atoms with van der Waals surface area (Å²) in [7, 11) is 0. The maximum Gasteiger partial charge on any atom is 0.263 e. The van der Waals surface area contributed by atoms with Gasteiger partial charge in [0.05, 0.1) is 5.69 Å². The molecule has 3 rings (SSSR count). The van der Waals surface area contributed by atoms with Gasteiger partial charge in [-0.3, -0.25) is 4.79 Å². The highest BCUT2D eigenvalue weighted by molar-refractivity contribution is 7.98. The first-order valence-electron chi connectivity index (χ1n) is 5.73. The number of aromatic nitrogens is 2. The molecule has 1 aliphatic rings. The summed E-state index contributed by atoms with van der Waals surface area (Å²) in [6.45, 7) is 0. The monoisotopic (exact) mass is 280 g/mol. The fraction of sp³-hybridized carbons (Fsp3) is 0.231. The predicted octanol–water partition coefficient (Wildman–Crippen LogP) is 3.12. The lowest BCUT2D eigenvalue weighted by Gasteiger charge is -2.06. The SMILES string of the molecule is O=c1[nH]c(-c2cccc(C(F)F)c2)nc2c1CSC2. The number of benzene rings is 1. The largest absolute Gasteiger partial charge is 0.306 e. The number of fused-ring (bicyclic) bond motifs is 1. The summed E-state index contributed by atoms with van der Waals surface area (Å²) in [5.41, 5.74) is 1.71. The zero-order valence-corrected chi connectivity index (χ0v) is 10.6. The van der Waals surface area contributed by atoms with Crippen LogP contribution in [-0.2, 0) is 11.5 Å². The summed E-state index contributed by atoms with van der Waals surface area (Å²) in [5, 5.41) is 0. The van der Waals surface area contributed by atoms with Crippen molar-refractivity contribution in [2.45, 2.75) is 17.9 Å². The number of hydrogen-bond acceptors (Lipinski definition) is 3. The van der Waals surface area contributed by atoms with Gasteiger partial charge in [0.2, 0.25) is 0 Å². The first-order valence-corrected chi connectivity index (χ1v) is 6.89. The Balaban J connectivity index is 2.10. The molecule has 0 aliphatic carbocycles. The van der Waals surface area contributed by atoms with E-state index in [-0.39, 0.29) is 11.1 Å². The smallest absolute Gasteiger partial charge is 0.263 e. The maximum absolute atomic E-state index is 12.7. The van der Waals surface area contributed by atoms with Gasteiger partial charge in [-0.1, -0.05) is 18.2 Å². The van der Waals surface area contributed by atoms with Crippen molar-refractivity contribution in [1.82, 2.24) is 9.97 Å². The number of aromatic amines is 1. The maximum atomic E-state index is 12.7. The fourth-order valence-corrected chi connectivity index (χ4v) is 3.06. The van der Waals surface area contributed by atoms with Crippen LogP contribution in [0.2, 0.25) is 0 Å². The lowest BCUT2D eigenvalue weighted by Crippen LogP contribution is -2.15. The van der Waals surface area contributed by atoms with Crippen molar-refractivity contribution < 1.29 is 8.78 Å². The number of alkyl halides is 2. The molecule has 1 N–H and O–H groups in total. The van der Waals surface area contributed by atoms with Gasteiger partial charge in [-0.15, -0.1) is 0 Å².